The zero-order valence-electron chi connectivity index (χ0n) is 13.9. The van der Waals surface area contributed by atoms with E-state index in [0.29, 0.717) is 10.6 Å². The Balaban J connectivity index is 1.80. The Morgan fingerprint density at radius 1 is 1.15 bits per heavy atom. The topological polar surface area (TPSA) is 98.5 Å². The molecule has 0 fully saturated rings. The predicted octanol–water partition coefficient (Wildman–Crippen LogP) is 3.77. The van der Waals surface area contributed by atoms with Gasteiger partial charge in [-0.15, -0.1) is 0 Å². The van der Waals surface area contributed by atoms with Gasteiger partial charge in [-0.05, 0) is 35.4 Å². The van der Waals surface area contributed by atoms with E-state index in [0.717, 1.165) is 11.6 Å². The number of hydrogen-bond donors (Lipinski definition) is 1. The zero-order valence-corrected chi connectivity index (χ0v) is 15.4. The van der Waals surface area contributed by atoms with Gasteiger partial charge in [0.15, 0.2) is 6.61 Å². The first-order chi connectivity index (χ1) is 12.8. The number of amides is 1. The van der Waals surface area contributed by atoms with E-state index in [1.165, 1.54) is 24.3 Å². The van der Waals surface area contributed by atoms with Gasteiger partial charge >= 0.3 is 5.97 Å². The minimum absolute atomic E-state index is 0.00270. The Morgan fingerprint density at radius 3 is 2.52 bits per heavy atom. The van der Waals surface area contributed by atoms with E-state index < -0.39 is 23.4 Å². The van der Waals surface area contributed by atoms with Crippen molar-refractivity contribution in [2.24, 2.45) is 0 Å². The first-order valence-electron chi connectivity index (χ1n) is 7.65. The van der Waals surface area contributed by atoms with E-state index >= 15 is 0 Å². The van der Waals surface area contributed by atoms with Crippen molar-refractivity contribution in [2.45, 2.75) is 6.54 Å². The van der Waals surface area contributed by atoms with Crippen LogP contribution in [0.25, 0.3) is 6.08 Å². The van der Waals surface area contributed by atoms with Gasteiger partial charge in [0.1, 0.15) is 5.02 Å². The molecule has 0 bridgehead atoms. The quantitative estimate of drug-likeness (QED) is 0.325. The fraction of sp³-hybridized carbons (Fsp3) is 0.111. The number of esters is 1. The number of benzene rings is 2. The third-order valence-corrected chi connectivity index (χ3v) is 3.90. The normalized spacial score (nSPS) is 10.6. The van der Waals surface area contributed by atoms with Crippen molar-refractivity contribution in [2.75, 3.05) is 6.61 Å². The lowest BCUT2D eigenvalue weighted by Crippen LogP contribution is -2.28. The van der Waals surface area contributed by atoms with E-state index in [4.69, 9.17) is 27.9 Å². The van der Waals surface area contributed by atoms with Crippen molar-refractivity contribution in [1.82, 2.24) is 5.32 Å². The average Bonchev–Trinajstić information content (AvgIpc) is 2.65. The van der Waals surface area contributed by atoms with Crippen LogP contribution < -0.4 is 5.32 Å². The summed E-state index contributed by atoms with van der Waals surface area (Å²) in [5, 5.41) is 14.0. The highest BCUT2D eigenvalue weighted by Gasteiger charge is 2.12. The second kappa shape index (κ2) is 9.70. The zero-order chi connectivity index (χ0) is 19.8. The molecule has 7 nitrogen and oxygen atoms in total. The van der Waals surface area contributed by atoms with Crippen LogP contribution in [0.4, 0.5) is 5.69 Å². The molecule has 2 aromatic carbocycles. The van der Waals surface area contributed by atoms with Gasteiger partial charge in [-0.3, -0.25) is 14.9 Å². The Kier molecular flexibility index (Phi) is 7.34. The van der Waals surface area contributed by atoms with Crippen LogP contribution in [0.15, 0.2) is 48.5 Å². The van der Waals surface area contributed by atoms with Crippen LogP contribution in [0.2, 0.25) is 10.0 Å². The van der Waals surface area contributed by atoms with E-state index in [-0.39, 0.29) is 17.3 Å². The predicted molar refractivity (Wildman–Crippen MR) is 101 cm³/mol. The summed E-state index contributed by atoms with van der Waals surface area (Å²) in [6, 6.07) is 11.0. The molecule has 0 radical (unpaired) electrons. The fourth-order valence-corrected chi connectivity index (χ4v) is 2.29. The summed E-state index contributed by atoms with van der Waals surface area (Å²) in [7, 11) is 0. The van der Waals surface area contributed by atoms with Crippen molar-refractivity contribution >= 4 is 46.8 Å². The molecular weight excluding hydrogens is 395 g/mol. The Bertz CT molecular complexity index is 882. The number of carbonyl (C=O) groups is 2. The van der Waals surface area contributed by atoms with Crippen molar-refractivity contribution in [3.8, 4) is 0 Å². The Hall–Kier alpha value is -2.90. The molecular formula is C18H14Cl2N2O5. The summed E-state index contributed by atoms with van der Waals surface area (Å²) in [6.45, 7) is -0.171. The Morgan fingerprint density at radius 2 is 1.85 bits per heavy atom. The van der Waals surface area contributed by atoms with Crippen LogP contribution in [0, 0.1) is 10.1 Å². The van der Waals surface area contributed by atoms with Crippen LogP contribution in [0.3, 0.4) is 0 Å². The average molecular weight is 409 g/mol. The minimum Gasteiger partial charge on any atom is -0.452 e. The largest absolute Gasteiger partial charge is 0.452 e. The van der Waals surface area contributed by atoms with Crippen LogP contribution in [0.1, 0.15) is 11.1 Å². The van der Waals surface area contributed by atoms with Gasteiger partial charge in [0.25, 0.3) is 11.6 Å². The maximum absolute atomic E-state index is 11.7. The molecule has 9 heteroatoms. The summed E-state index contributed by atoms with van der Waals surface area (Å²) in [6.07, 6.45) is 2.40. The first-order valence-corrected chi connectivity index (χ1v) is 8.40. The van der Waals surface area contributed by atoms with Crippen molar-refractivity contribution in [1.29, 1.82) is 0 Å². The lowest BCUT2D eigenvalue weighted by atomic mass is 10.2. The van der Waals surface area contributed by atoms with E-state index in [2.05, 4.69) is 5.32 Å². The standard InChI is InChI=1S/C18H14Cl2N2O5/c19-14-5-1-13(2-6-14)10-21-17(23)11-27-18(24)8-4-12-3-7-15(20)16(9-12)22(25)26/h1-9H,10-11H2,(H,21,23)/b8-4+. The summed E-state index contributed by atoms with van der Waals surface area (Å²) in [4.78, 5) is 33.5. The van der Waals surface area contributed by atoms with E-state index in [1.807, 2.05) is 0 Å². The molecule has 0 spiro atoms. The molecule has 0 heterocycles. The third kappa shape index (κ3) is 6.73. The number of halogens is 2. The highest BCUT2D eigenvalue weighted by atomic mass is 35.5. The van der Waals surface area contributed by atoms with Crippen LogP contribution in [0.5, 0.6) is 0 Å². The molecule has 0 saturated heterocycles. The molecule has 1 amide bonds. The van der Waals surface area contributed by atoms with Gasteiger partial charge in [0.05, 0.1) is 4.92 Å². The molecule has 140 valence electrons. The van der Waals surface area contributed by atoms with Gasteiger partial charge in [0.2, 0.25) is 0 Å². The van der Waals surface area contributed by atoms with Crippen molar-refractivity contribution < 1.29 is 19.2 Å². The highest BCUT2D eigenvalue weighted by molar-refractivity contribution is 6.32. The first kappa shape index (κ1) is 20.4. The van der Waals surface area contributed by atoms with Crippen LogP contribution >= 0.6 is 23.2 Å². The number of carbonyl (C=O) groups excluding carboxylic acids is 2. The smallest absolute Gasteiger partial charge is 0.331 e. The van der Waals surface area contributed by atoms with Gasteiger partial charge in [-0.25, -0.2) is 4.79 Å². The third-order valence-electron chi connectivity index (χ3n) is 3.33. The van der Waals surface area contributed by atoms with Gasteiger partial charge in [0, 0.05) is 23.7 Å². The molecule has 0 aliphatic carbocycles. The van der Waals surface area contributed by atoms with Gasteiger partial charge in [-0.1, -0.05) is 41.4 Å². The Labute approximate surface area is 164 Å². The maximum atomic E-state index is 11.7. The summed E-state index contributed by atoms with van der Waals surface area (Å²) in [5.41, 5.74) is 0.979. The van der Waals surface area contributed by atoms with Crippen molar-refractivity contribution in [3.63, 3.8) is 0 Å². The lowest BCUT2D eigenvalue weighted by molar-refractivity contribution is -0.384. The second-order valence-electron chi connectivity index (χ2n) is 5.31. The fourth-order valence-electron chi connectivity index (χ4n) is 1.98. The van der Waals surface area contributed by atoms with Crippen LogP contribution in [-0.2, 0) is 20.9 Å². The number of nitro benzene ring substituents is 1. The SMILES string of the molecule is O=C(COC(=O)/C=C/c1ccc(Cl)c([N+](=O)[O-])c1)NCc1ccc(Cl)cc1. The van der Waals surface area contributed by atoms with Crippen LogP contribution in [-0.4, -0.2) is 23.4 Å². The number of rotatable bonds is 7. The molecule has 0 aliphatic rings. The number of nitro groups is 1. The monoisotopic (exact) mass is 408 g/mol. The van der Waals surface area contributed by atoms with E-state index in [1.54, 1.807) is 24.3 Å². The van der Waals surface area contributed by atoms with Gasteiger partial charge < -0.3 is 10.1 Å². The lowest BCUT2D eigenvalue weighted by Gasteiger charge is -2.05. The molecule has 0 unspecified atom stereocenters. The summed E-state index contributed by atoms with van der Waals surface area (Å²) >= 11 is 11.5. The molecule has 0 atom stereocenters. The second-order valence-corrected chi connectivity index (χ2v) is 6.16. The minimum atomic E-state index is -0.755. The molecule has 1 N–H and O–H groups in total. The number of ether oxygens (including phenoxy) is 1. The molecule has 2 rings (SSSR count). The molecule has 0 aromatic heterocycles. The molecule has 0 saturated carbocycles. The number of nitrogens with one attached hydrogen (secondary N) is 1. The molecule has 0 aliphatic heterocycles. The maximum Gasteiger partial charge on any atom is 0.331 e. The summed E-state index contributed by atoms with van der Waals surface area (Å²) in [5.74, 6) is -1.22. The van der Waals surface area contributed by atoms with E-state index in [9.17, 15) is 19.7 Å². The highest BCUT2D eigenvalue weighted by Crippen LogP contribution is 2.25. The number of hydrogen-bond acceptors (Lipinski definition) is 5. The molecule has 27 heavy (non-hydrogen) atoms. The van der Waals surface area contributed by atoms with Crippen molar-refractivity contribution in [3.05, 3.63) is 79.8 Å². The van der Waals surface area contributed by atoms with Gasteiger partial charge in [-0.2, -0.15) is 0 Å². The number of nitrogens with zero attached hydrogens (tertiary/aromatic N) is 1. The summed E-state index contributed by atoms with van der Waals surface area (Å²) < 4.78 is 4.82. The molecule has 2 aromatic rings.